The number of ether oxygens (including phenoxy) is 1. The minimum absolute atomic E-state index is 0.0775. The first kappa shape index (κ1) is 15.8. The van der Waals surface area contributed by atoms with E-state index in [0.29, 0.717) is 18.4 Å². The van der Waals surface area contributed by atoms with Gasteiger partial charge >= 0.3 is 5.97 Å². The van der Waals surface area contributed by atoms with Crippen LogP contribution in [0.3, 0.4) is 0 Å². The Kier molecular flexibility index (Phi) is 4.22. The minimum Gasteiger partial charge on any atom is -0.469 e. The van der Waals surface area contributed by atoms with Crippen LogP contribution in [0, 0.1) is 11.2 Å². The normalized spacial score (nSPS) is 16.5. The molecule has 1 aromatic carbocycles. The summed E-state index contributed by atoms with van der Waals surface area (Å²) in [5, 5.41) is 0. The fourth-order valence-corrected chi connectivity index (χ4v) is 4.54. The second kappa shape index (κ2) is 5.63. The summed E-state index contributed by atoms with van der Waals surface area (Å²) in [6, 6.07) is 3.66. The Morgan fingerprint density at radius 2 is 2.10 bits per heavy atom. The van der Waals surface area contributed by atoms with Gasteiger partial charge < -0.3 is 10.5 Å². The highest BCUT2D eigenvalue weighted by Crippen LogP contribution is 2.50. The zero-order valence-electron chi connectivity index (χ0n) is 11.8. The Hall–Kier alpha value is -1.63. The van der Waals surface area contributed by atoms with E-state index < -0.39 is 27.0 Å². The summed E-state index contributed by atoms with van der Waals surface area (Å²) in [5.74, 6) is -1.23. The molecule has 1 aliphatic carbocycles. The third kappa shape index (κ3) is 4.17. The zero-order valence-corrected chi connectivity index (χ0v) is 12.6. The summed E-state index contributed by atoms with van der Waals surface area (Å²) >= 11 is 0. The van der Waals surface area contributed by atoms with Crippen molar-refractivity contribution >= 4 is 21.5 Å². The third-order valence-corrected chi connectivity index (χ3v) is 5.52. The smallest absolute Gasteiger partial charge is 0.306 e. The monoisotopic (exact) mass is 315 g/mol. The lowest BCUT2D eigenvalue weighted by molar-refractivity contribution is -0.141. The van der Waals surface area contributed by atoms with Crippen LogP contribution in [0.25, 0.3) is 0 Å². The Bertz CT molecular complexity index is 653. The molecule has 0 amide bonds. The quantitative estimate of drug-likeness (QED) is 0.637. The number of rotatable bonds is 6. The summed E-state index contributed by atoms with van der Waals surface area (Å²) in [6.07, 6.45) is 1.50. The van der Waals surface area contributed by atoms with Crippen LogP contribution in [0.2, 0.25) is 0 Å². The van der Waals surface area contributed by atoms with Crippen molar-refractivity contribution in [1.82, 2.24) is 0 Å². The van der Waals surface area contributed by atoms with E-state index in [-0.39, 0.29) is 23.6 Å². The molecule has 0 heterocycles. The molecule has 0 radical (unpaired) electrons. The van der Waals surface area contributed by atoms with Crippen molar-refractivity contribution < 1.29 is 22.3 Å². The number of carbonyl (C=O) groups is 1. The number of hydrogen-bond donors (Lipinski definition) is 1. The van der Waals surface area contributed by atoms with Gasteiger partial charge in [0.15, 0.2) is 9.84 Å². The van der Waals surface area contributed by atoms with E-state index in [1.807, 2.05) is 0 Å². The van der Waals surface area contributed by atoms with E-state index in [2.05, 4.69) is 4.74 Å². The highest BCUT2D eigenvalue weighted by molar-refractivity contribution is 7.90. The first-order valence-electron chi connectivity index (χ1n) is 6.56. The minimum atomic E-state index is -3.43. The SMILES string of the molecule is COC(=O)CC1(CS(=O)(=O)Cc2ccc(F)cc2N)CC1. The van der Waals surface area contributed by atoms with Crippen LogP contribution in [0.5, 0.6) is 0 Å². The lowest BCUT2D eigenvalue weighted by Gasteiger charge is -2.14. The highest BCUT2D eigenvalue weighted by Gasteiger charge is 2.47. The predicted molar refractivity (Wildman–Crippen MR) is 76.6 cm³/mol. The van der Waals surface area contributed by atoms with Gasteiger partial charge in [-0.3, -0.25) is 4.79 Å². The molecule has 0 aliphatic heterocycles. The first-order chi connectivity index (χ1) is 9.75. The number of nitrogen functional groups attached to an aromatic ring is 1. The van der Waals surface area contributed by atoms with Crippen LogP contribution in [0.1, 0.15) is 24.8 Å². The molecule has 0 bridgehead atoms. The molecule has 21 heavy (non-hydrogen) atoms. The molecule has 1 aliphatic rings. The summed E-state index contributed by atoms with van der Waals surface area (Å²) in [7, 11) is -2.15. The number of hydrogen-bond acceptors (Lipinski definition) is 5. The van der Waals surface area contributed by atoms with Gasteiger partial charge in [0, 0.05) is 5.69 Å². The second-order valence-electron chi connectivity index (χ2n) is 5.63. The average molecular weight is 315 g/mol. The number of halogens is 1. The molecule has 7 heteroatoms. The predicted octanol–water partition coefficient (Wildman–Crippen LogP) is 1.67. The van der Waals surface area contributed by atoms with Gasteiger partial charge in [-0.05, 0) is 36.0 Å². The van der Waals surface area contributed by atoms with Crippen LogP contribution in [0.15, 0.2) is 18.2 Å². The number of sulfone groups is 1. The summed E-state index contributed by atoms with van der Waals surface area (Å²) < 4.78 is 42.1. The van der Waals surface area contributed by atoms with Crippen molar-refractivity contribution in [2.24, 2.45) is 5.41 Å². The van der Waals surface area contributed by atoms with Crippen LogP contribution >= 0.6 is 0 Å². The number of anilines is 1. The van der Waals surface area contributed by atoms with E-state index >= 15 is 0 Å². The topological polar surface area (TPSA) is 86.5 Å². The van der Waals surface area contributed by atoms with Gasteiger partial charge in [-0.15, -0.1) is 0 Å². The van der Waals surface area contributed by atoms with E-state index in [1.165, 1.54) is 19.2 Å². The number of carbonyl (C=O) groups excluding carboxylic acids is 1. The molecule has 1 fully saturated rings. The Morgan fingerprint density at radius 3 is 2.62 bits per heavy atom. The van der Waals surface area contributed by atoms with Gasteiger partial charge in [-0.25, -0.2) is 12.8 Å². The number of nitrogens with two attached hydrogens (primary N) is 1. The van der Waals surface area contributed by atoms with Crippen LogP contribution in [0.4, 0.5) is 10.1 Å². The van der Waals surface area contributed by atoms with Crippen LogP contribution < -0.4 is 5.73 Å². The Balaban J connectivity index is 2.07. The maximum Gasteiger partial charge on any atom is 0.306 e. The summed E-state index contributed by atoms with van der Waals surface area (Å²) in [6.45, 7) is 0. The van der Waals surface area contributed by atoms with E-state index in [9.17, 15) is 17.6 Å². The van der Waals surface area contributed by atoms with Gasteiger partial charge in [0.05, 0.1) is 25.0 Å². The molecule has 0 unspecified atom stereocenters. The number of methoxy groups -OCH3 is 1. The van der Waals surface area contributed by atoms with E-state index in [0.717, 1.165) is 6.07 Å². The Morgan fingerprint density at radius 1 is 1.43 bits per heavy atom. The molecule has 116 valence electrons. The van der Waals surface area contributed by atoms with Gasteiger partial charge in [0.2, 0.25) is 0 Å². The molecular weight excluding hydrogens is 297 g/mol. The Labute approximate surface area is 123 Å². The second-order valence-corrected chi connectivity index (χ2v) is 7.69. The average Bonchev–Trinajstić information content (AvgIpc) is 3.11. The van der Waals surface area contributed by atoms with Gasteiger partial charge in [-0.1, -0.05) is 6.07 Å². The summed E-state index contributed by atoms with van der Waals surface area (Å²) in [4.78, 5) is 11.3. The molecule has 1 aromatic rings. The van der Waals surface area contributed by atoms with E-state index in [4.69, 9.17) is 5.73 Å². The molecule has 0 saturated heterocycles. The fourth-order valence-electron chi connectivity index (χ4n) is 2.38. The molecule has 2 N–H and O–H groups in total. The van der Waals surface area contributed by atoms with Crippen molar-refractivity contribution in [1.29, 1.82) is 0 Å². The van der Waals surface area contributed by atoms with Crippen molar-refractivity contribution in [3.05, 3.63) is 29.6 Å². The largest absolute Gasteiger partial charge is 0.469 e. The van der Waals surface area contributed by atoms with Gasteiger partial charge in [-0.2, -0.15) is 0 Å². The molecule has 0 aromatic heterocycles. The summed E-state index contributed by atoms with van der Waals surface area (Å²) in [5.41, 5.74) is 5.63. The molecular formula is C14H18FNO4S. The van der Waals surface area contributed by atoms with Crippen molar-refractivity contribution in [2.45, 2.75) is 25.0 Å². The van der Waals surface area contributed by atoms with E-state index in [1.54, 1.807) is 0 Å². The molecule has 1 saturated carbocycles. The molecule has 2 rings (SSSR count). The van der Waals surface area contributed by atoms with Crippen LogP contribution in [-0.4, -0.2) is 27.2 Å². The molecule has 0 atom stereocenters. The maximum atomic E-state index is 13.0. The van der Waals surface area contributed by atoms with Crippen molar-refractivity contribution in [3.63, 3.8) is 0 Å². The standard InChI is InChI=1S/C14H18FNO4S/c1-20-13(17)7-14(4-5-14)9-21(18,19)8-10-2-3-11(15)6-12(10)16/h2-3,6H,4-5,7-9,16H2,1H3. The van der Waals surface area contributed by atoms with Gasteiger partial charge in [0.25, 0.3) is 0 Å². The zero-order chi connectivity index (χ0) is 15.7. The molecule has 0 spiro atoms. The fraction of sp³-hybridized carbons (Fsp3) is 0.500. The highest BCUT2D eigenvalue weighted by atomic mass is 32.2. The maximum absolute atomic E-state index is 13.0. The van der Waals surface area contributed by atoms with Crippen LogP contribution in [-0.2, 0) is 25.1 Å². The lowest BCUT2D eigenvalue weighted by Crippen LogP contribution is -2.22. The third-order valence-electron chi connectivity index (χ3n) is 3.71. The number of esters is 1. The first-order valence-corrected chi connectivity index (χ1v) is 8.39. The lowest BCUT2D eigenvalue weighted by atomic mass is 10.1. The van der Waals surface area contributed by atoms with Crippen molar-refractivity contribution in [3.8, 4) is 0 Å². The number of benzene rings is 1. The molecule has 5 nitrogen and oxygen atoms in total. The van der Waals surface area contributed by atoms with Crippen molar-refractivity contribution in [2.75, 3.05) is 18.6 Å². The van der Waals surface area contributed by atoms with Gasteiger partial charge in [0.1, 0.15) is 5.82 Å².